The van der Waals surface area contributed by atoms with Crippen LogP contribution < -0.4 is 0 Å². The molecule has 0 amide bonds. The highest BCUT2D eigenvalue weighted by Gasteiger charge is 1.83. The lowest BCUT2D eigenvalue weighted by Gasteiger charge is -1.65. The molecule has 0 N–H and O–H groups in total. The highest BCUT2D eigenvalue weighted by molar-refractivity contribution is 9.11. The first-order chi connectivity index (χ1) is 3.13. The Morgan fingerprint density at radius 3 is 1.71 bits per heavy atom. The summed E-state index contributed by atoms with van der Waals surface area (Å²) in [4.78, 5) is 0. The predicted octanol–water partition coefficient (Wildman–Crippen LogP) is 2.57. The maximum Gasteiger partial charge on any atom is 0.316 e. The lowest BCUT2D eigenvalue weighted by Crippen LogP contribution is -1.47. The Labute approximate surface area is 46.5 Å². The summed E-state index contributed by atoms with van der Waals surface area (Å²) in [5.74, 6) is 0. The van der Waals surface area contributed by atoms with Gasteiger partial charge in [0.1, 0.15) is 0 Å². The van der Waals surface area contributed by atoms with Crippen molar-refractivity contribution in [2.24, 2.45) is 0 Å². The summed E-state index contributed by atoms with van der Waals surface area (Å²) in [5.41, 5.74) is 1.06. The van der Waals surface area contributed by atoms with Crippen molar-refractivity contribution in [2.45, 2.75) is 0 Å². The number of halogens is 4. The quantitative estimate of drug-likeness (QED) is 0.493. The number of hydrogen-bond donors (Lipinski definition) is 0. The Balaban J connectivity index is 4.13. The van der Waals surface area contributed by atoms with Crippen molar-refractivity contribution in [3.05, 3.63) is 16.5 Å². The molecule has 0 bridgehead atoms. The van der Waals surface area contributed by atoms with Gasteiger partial charge in [-0.25, -0.2) is 0 Å². The molecule has 0 nitrogen and oxygen atoms in total. The Bertz CT molecular complexity index is 102. The average molecular weight is 173 g/mol. The van der Waals surface area contributed by atoms with Gasteiger partial charge in [-0.05, 0) is 21.7 Å². The van der Waals surface area contributed by atoms with Crippen LogP contribution in [-0.2, 0) is 0 Å². The van der Waals surface area contributed by atoms with Crippen LogP contribution >= 0.6 is 15.9 Å². The second-order valence-corrected chi connectivity index (χ2v) is 1.34. The summed E-state index contributed by atoms with van der Waals surface area (Å²) >= 11 is 2.11. The monoisotopic (exact) mass is 172 g/mol. The summed E-state index contributed by atoms with van der Waals surface area (Å²) in [6.07, 6.45) is -2.17. The standard InChI is InChI=1S/C3BrF3/c4-2(5)1-3(6)7. The summed E-state index contributed by atoms with van der Waals surface area (Å²) in [7, 11) is 0. The normalized spacial score (nSPS) is 7.43. The molecule has 7 heavy (non-hydrogen) atoms. The molecule has 0 aliphatic carbocycles. The third kappa shape index (κ3) is 5.79. The maximum absolute atomic E-state index is 11.2. The van der Waals surface area contributed by atoms with Crippen LogP contribution in [0.2, 0.25) is 0 Å². The van der Waals surface area contributed by atoms with E-state index in [0.717, 1.165) is 5.73 Å². The summed E-state index contributed by atoms with van der Waals surface area (Å²) in [6.45, 7) is 0. The van der Waals surface area contributed by atoms with E-state index in [-0.39, 0.29) is 0 Å². The van der Waals surface area contributed by atoms with Gasteiger partial charge < -0.3 is 0 Å². The fraction of sp³-hybridized carbons (Fsp3) is 0. The Morgan fingerprint density at radius 2 is 1.71 bits per heavy atom. The lowest BCUT2D eigenvalue weighted by molar-refractivity contribution is 0.422. The summed E-state index contributed by atoms with van der Waals surface area (Å²) in [6, 6.07) is 0. The van der Waals surface area contributed by atoms with Crippen LogP contribution in [0.3, 0.4) is 0 Å². The molecule has 0 saturated carbocycles. The van der Waals surface area contributed by atoms with Crippen molar-refractivity contribution in [1.29, 1.82) is 0 Å². The highest BCUT2D eigenvalue weighted by Crippen LogP contribution is 2.05. The van der Waals surface area contributed by atoms with Crippen LogP contribution in [0.15, 0.2) is 16.5 Å². The molecule has 0 rings (SSSR count). The van der Waals surface area contributed by atoms with Gasteiger partial charge in [0.15, 0.2) is 0 Å². The molecule has 0 radical (unpaired) electrons. The number of hydrogen-bond acceptors (Lipinski definition) is 0. The molecule has 0 spiro atoms. The Kier molecular flexibility index (Phi) is 2.79. The zero-order valence-electron chi connectivity index (χ0n) is 3.01. The maximum atomic E-state index is 11.2. The van der Waals surface area contributed by atoms with Gasteiger partial charge in [0.05, 0.1) is 0 Å². The van der Waals surface area contributed by atoms with Crippen molar-refractivity contribution in [2.75, 3.05) is 0 Å². The van der Waals surface area contributed by atoms with E-state index in [1.165, 1.54) is 0 Å². The van der Waals surface area contributed by atoms with E-state index >= 15 is 0 Å². The smallest absolute Gasteiger partial charge is 0.189 e. The third-order valence-corrected chi connectivity index (χ3v) is 0.387. The van der Waals surface area contributed by atoms with Crippen molar-refractivity contribution in [3.8, 4) is 0 Å². The minimum atomic E-state index is -2.17. The Morgan fingerprint density at radius 1 is 1.29 bits per heavy atom. The third-order valence-electron chi connectivity index (χ3n) is 0.189. The van der Waals surface area contributed by atoms with Crippen molar-refractivity contribution >= 4 is 15.9 Å². The second kappa shape index (κ2) is 2.88. The molecule has 4 heteroatoms. The number of rotatable bonds is 0. The molecule has 0 heterocycles. The average Bonchev–Trinajstić information content (AvgIpc) is 1.27. The topological polar surface area (TPSA) is 0 Å². The van der Waals surface area contributed by atoms with E-state index in [4.69, 9.17) is 0 Å². The van der Waals surface area contributed by atoms with Crippen molar-refractivity contribution < 1.29 is 13.2 Å². The fourth-order valence-corrected chi connectivity index (χ4v) is 0.221. The van der Waals surface area contributed by atoms with Crippen LogP contribution in [0.5, 0.6) is 0 Å². The Hall–Kier alpha value is -0.210. The molecular weight excluding hydrogens is 173 g/mol. The molecule has 0 fully saturated rings. The molecule has 0 aromatic carbocycles. The van der Waals surface area contributed by atoms with E-state index < -0.39 is 10.8 Å². The second-order valence-electron chi connectivity index (χ2n) is 0.646. The first-order valence-electron chi connectivity index (χ1n) is 1.26. The predicted molar refractivity (Wildman–Crippen MR) is 22.8 cm³/mol. The van der Waals surface area contributed by atoms with E-state index in [1.54, 1.807) is 0 Å². The van der Waals surface area contributed by atoms with E-state index in [9.17, 15) is 13.2 Å². The van der Waals surface area contributed by atoms with Crippen molar-refractivity contribution in [1.82, 2.24) is 0 Å². The molecule has 0 unspecified atom stereocenters. The lowest BCUT2D eigenvalue weighted by atomic mass is 10.9. The first-order valence-corrected chi connectivity index (χ1v) is 2.05. The zero-order valence-corrected chi connectivity index (χ0v) is 4.60. The molecule has 0 aromatic heterocycles. The van der Waals surface area contributed by atoms with Crippen LogP contribution in [0.4, 0.5) is 13.2 Å². The zero-order chi connectivity index (χ0) is 5.86. The molecule has 0 aromatic rings. The first kappa shape index (κ1) is 6.79. The molecule has 0 saturated heterocycles. The van der Waals surface area contributed by atoms with Gasteiger partial charge >= 0.3 is 6.08 Å². The minimum absolute atomic E-state index is 1.06. The molecule has 40 valence electrons. The van der Waals surface area contributed by atoms with Gasteiger partial charge in [-0.15, -0.1) is 0 Å². The largest absolute Gasteiger partial charge is 0.316 e. The molecule has 0 atom stereocenters. The van der Waals surface area contributed by atoms with Crippen LogP contribution in [0, 0.1) is 0 Å². The van der Waals surface area contributed by atoms with Crippen LogP contribution in [0.25, 0.3) is 0 Å². The highest BCUT2D eigenvalue weighted by atomic mass is 79.9. The van der Waals surface area contributed by atoms with E-state index in [1.807, 2.05) is 0 Å². The fourth-order valence-electron chi connectivity index (χ4n) is 0.0714. The van der Waals surface area contributed by atoms with Gasteiger partial charge in [0, 0.05) is 0 Å². The van der Waals surface area contributed by atoms with Gasteiger partial charge in [-0.2, -0.15) is 13.2 Å². The van der Waals surface area contributed by atoms with Gasteiger partial charge in [0.2, 0.25) is 4.74 Å². The van der Waals surface area contributed by atoms with Crippen molar-refractivity contribution in [3.63, 3.8) is 0 Å². The molecular formula is C3BrF3. The van der Waals surface area contributed by atoms with Gasteiger partial charge in [-0.1, -0.05) is 0 Å². The van der Waals surface area contributed by atoms with Gasteiger partial charge in [0.25, 0.3) is 0 Å². The van der Waals surface area contributed by atoms with Crippen LogP contribution in [0.1, 0.15) is 0 Å². The van der Waals surface area contributed by atoms with Gasteiger partial charge in [-0.3, -0.25) is 0 Å². The van der Waals surface area contributed by atoms with E-state index in [0.29, 0.717) is 0 Å². The van der Waals surface area contributed by atoms with Crippen LogP contribution in [-0.4, -0.2) is 0 Å². The minimum Gasteiger partial charge on any atom is -0.189 e. The molecule has 0 aliphatic heterocycles. The SMILES string of the molecule is FC(F)=C=C(F)Br. The summed E-state index contributed by atoms with van der Waals surface area (Å²) < 4.78 is 31.6. The van der Waals surface area contributed by atoms with E-state index in [2.05, 4.69) is 15.9 Å². The summed E-state index contributed by atoms with van der Waals surface area (Å²) in [5, 5.41) is 0. The molecule has 0 aliphatic rings.